The minimum absolute atomic E-state index is 0.0988. The molecule has 7 aliphatic heterocycles. The monoisotopic (exact) mass is 1140 g/mol. The first-order chi connectivity index (χ1) is 40.2. The van der Waals surface area contributed by atoms with Crippen LogP contribution in [0.25, 0.3) is 0 Å². The third-order valence-corrected chi connectivity index (χ3v) is 19.0. The molecule has 82 heavy (non-hydrogen) atoms. The van der Waals surface area contributed by atoms with Gasteiger partial charge >= 0.3 is 0 Å². The number of carbonyl (C=O) groups is 3. The Morgan fingerprint density at radius 1 is 0.476 bits per heavy atom. The number of benzene rings is 3. The second-order valence-electron chi connectivity index (χ2n) is 23.8. The Labute approximate surface area is 491 Å². The lowest BCUT2D eigenvalue weighted by Gasteiger charge is -2.47. The molecule has 0 aliphatic carbocycles. The molecule has 9 heterocycles. The van der Waals surface area contributed by atoms with E-state index in [1.807, 2.05) is 21.9 Å². The van der Waals surface area contributed by atoms with Crippen LogP contribution in [0.5, 0.6) is 0 Å². The zero-order valence-corrected chi connectivity index (χ0v) is 49.2. The highest BCUT2D eigenvalue weighted by molar-refractivity contribution is 7.11. The number of hydrogen-bond donors (Lipinski definition) is 0. The molecule has 0 unspecified atom stereocenters. The van der Waals surface area contributed by atoms with Crippen molar-refractivity contribution >= 4 is 29.1 Å². The van der Waals surface area contributed by atoms with Crippen molar-refractivity contribution in [2.45, 2.75) is 100 Å². The van der Waals surface area contributed by atoms with Gasteiger partial charge in [0.25, 0.3) is 5.91 Å². The fraction of sp³-hybridized carbons (Fsp3) is 0.561. The summed E-state index contributed by atoms with van der Waals surface area (Å²) in [5.41, 5.74) is 6.44. The lowest BCUT2D eigenvalue weighted by Crippen LogP contribution is -2.58. The minimum atomic E-state index is -0.165. The summed E-state index contributed by atoms with van der Waals surface area (Å²) in [5.74, 6) is 1.10. The standard InChI is InChI=1S/C23H29N3O2.C23H34N2O3.C20H25N3O2S/c27-22(17-21-7-4-11-24-18-21)26-15-16-28-23(19-26)9-13-25(14-10-23)12-8-20-5-2-1-3-6-20;26-22(18-21-7-15-27-16-8-21)25-14-17-28-23(19-25)9-12-24(13-10-23)11-6-20-4-2-1-3-5-20;24-19(18-14-21-16-26-18)23-12-13-25-20(15-23)7-10-22(11-8-20)9-6-17-4-2-1-3-5-17/h1-7,11,18H,8-10,12-17,19H2;1-5,21H,6-19H2;1-5,14,16H,6-13,15H2. The number of amides is 3. The van der Waals surface area contributed by atoms with Crippen molar-refractivity contribution in [1.82, 2.24) is 39.4 Å². The summed E-state index contributed by atoms with van der Waals surface area (Å²) in [5, 5.41) is 0. The van der Waals surface area contributed by atoms with Crippen LogP contribution in [0.2, 0.25) is 0 Å². The Balaban J connectivity index is 0.000000138. The molecule has 440 valence electrons. The molecule has 0 N–H and O–H groups in total. The molecular weight excluding hydrogens is 1050 g/mol. The fourth-order valence-electron chi connectivity index (χ4n) is 13.0. The van der Waals surface area contributed by atoms with E-state index in [1.165, 1.54) is 28.0 Å². The molecule has 5 aromatic rings. The summed E-state index contributed by atoms with van der Waals surface area (Å²) in [6.07, 6.45) is 17.7. The number of piperidine rings is 3. The first-order valence-corrected chi connectivity index (χ1v) is 31.5. The average Bonchev–Trinajstić information content (AvgIpc) is 4.21. The molecule has 7 saturated heterocycles. The van der Waals surface area contributed by atoms with E-state index in [9.17, 15) is 14.4 Å². The van der Waals surface area contributed by atoms with Gasteiger partial charge in [0.1, 0.15) is 4.88 Å². The van der Waals surface area contributed by atoms with E-state index in [-0.39, 0.29) is 28.6 Å². The van der Waals surface area contributed by atoms with Gasteiger partial charge in [-0.1, -0.05) is 97.1 Å². The van der Waals surface area contributed by atoms with Gasteiger partial charge in [0.2, 0.25) is 11.8 Å². The molecule has 0 bridgehead atoms. The average molecular weight is 1140 g/mol. The molecule has 3 spiro atoms. The zero-order chi connectivity index (χ0) is 56.3. The molecule has 0 saturated carbocycles. The normalized spacial score (nSPS) is 21.3. The molecule has 3 aromatic carbocycles. The predicted molar refractivity (Wildman–Crippen MR) is 321 cm³/mol. The number of morpholine rings is 3. The number of pyridine rings is 1. The van der Waals surface area contributed by atoms with E-state index < -0.39 is 0 Å². The number of thiazole rings is 1. The van der Waals surface area contributed by atoms with E-state index in [0.29, 0.717) is 64.1 Å². The summed E-state index contributed by atoms with van der Waals surface area (Å²) < 4.78 is 24.1. The lowest BCUT2D eigenvalue weighted by molar-refractivity contribution is -0.160. The van der Waals surface area contributed by atoms with Crippen LogP contribution in [0.15, 0.2) is 127 Å². The molecule has 3 amide bonds. The maximum Gasteiger partial charge on any atom is 0.265 e. The number of rotatable bonds is 14. The highest BCUT2D eigenvalue weighted by Gasteiger charge is 2.44. The first-order valence-electron chi connectivity index (χ1n) is 30.6. The van der Waals surface area contributed by atoms with Gasteiger partial charge in [0.15, 0.2) is 0 Å². The number of hydrogen-bond acceptors (Lipinski definition) is 13. The second kappa shape index (κ2) is 29.9. The number of ether oxygens (including phenoxy) is 4. The molecule has 15 nitrogen and oxygen atoms in total. The summed E-state index contributed by atoms with van der Waals surface area (Å²) >= 11 is 1.41. The quantitative estimate of drug-likeness (QED) is 0.107. The molecule has 16 heteroatoms. The number of carbonyl (C=O) groups excluding carboxylic acids is 3. The van der Waals surface area contributed by atoms with Crippen molar-refractivity contribution in [1.29, 1.82) is 0 Å². The first kappa shape index (κ1) is 59.7. The van der Waals surface area contributed by atoms with Gasteiger partial charge in [-0.2, -0.15) is 0 Å². The number of aromatic nitrogens is 2. The van der Waals surface area contributed by atoms with Crippen molar-refractivity contribution in [2.24, 2.45) is 5.92 Å². The summed E-state index contributed by atoms with van der Waals surface area (Å²) in [7, 11) is 0. The van der Waals surface area contributed by atoms with Gasteiger partial charge in [-0.05, 0) is 105 Å². The van der Waals surface area contributed by atoms with Gasteiger partial charge in [0.05, 0.1) is 61.3 Å². The van der Waals surface area contributed by atoms with Gasteiger partial charge in [0, 0.05) is 124 Å². The molecule has 0 radical (unpaired) electrons. The summed E-state index contributed by atoms with van der Waals surface area (Å²) in [6.45, 7) is 17.5. The smallest absolute Gasteiger partial charge is 0.265 e. The van der Waals surface area contributed by atoms with Crippen LogP contribution in [0.4, 0.5) is 0 Å². The van der Waals surface area contributed by atoms with Crippen molar-refractivity contribution in [3.63, 3.8) is 0 Å². The van der Waals surface area contributed by atoms with Crippen molar-refractivity contribution in [3.05, 3.63) is 154 Å². The van der Waals surface area contributed by atoms with Crippen molar-refractivity contribution in [3.8, 4) is 0 Å². The third kappa shape index (κ3) is 17.3. The fourth-order valence-corrected chi connectivity index (χ4v) is 13.6. The molecule has 7 fully saturated rings. The highest BCUT2D eigenvalue weighted by atomic mass is 32.1. The minimum Gasteiger partial charge on any atom is -0.381 e. The van der Waals surface area contributed by atoms with Crippen LogP contribution in [0.3, 0.4) is 0 Å². The summed E-state index contributed by atoms with van der Waals surface area (Å²) in [4.78, 5) is 60.7. The van der Waals surface area contributed by atoms with Gasteiger partial charge in [-0.25, -0.2) is 0 Å². The Bertz CT molecular complexity index is 2680. The van der Waals surface area contributed by atoms with Crippen LogP contribution < -0.4 is 0 Å². The Morgan fingerprint density at radius 3 is 1.33 bits per heavy atom. The van der Waals surface area contributed by atoms with Crippen molar-refractivity contribution in [2.75, 3.05) is 131 Å². The van der Waals surface area contributed by atoms with E-state index in [0.717, 1.165) is 173 Å². The lowest BCUT2D eigenvalue weighted by atomic mass is 9.88. The van der Waals surface area contributed by atoms with Gasteiger partial charge < -0.3 is 48.3 Å². The maximum atomic E-state index is 12.8. The van der Waals surface area contributed by atoms with Gasteiger partial charge in [-0.15, -0.1) is 11.3 Å². The molecule has 12 rings (SSSR count). The van der Waals surface area contributed by atoms with Gasteiger partial charge in [-0.3, -0.25) is 24.4 Å². The van der Waals surface area contributed by atoms with Crippen molar-refractivity contribution < 1.29 is 33.3 Å². The van der Waals surface area contributed by atoms with Crippen LogP contribution in [0, 0.1) is 5.92 Å². The Hall–Kier alpha value is -5.43. The Morgan fingerprint density at radius 2 is 0.902 bits per heavy atom. The van der Waals surface area contributed by atoms with E-state index in [1.54, 1.807) is 24.1 Å². The van der Waals surface area contributed by atoms with Crippen LogP contribution >= 0.6 is 11.3 Å². The van der Waals surface area contributed by atoms with Crippen LogP contribution in [0.1, 0.15) is 89.7 Å². The zero-order valence-electron chi connectivity index (χ0n) is 48.4. The van der Waals surface area contributed by atoms with E-state index >= 15 is 0 Å². The maximum absolute atomic E-state index is 12.8. The van der Waals surface area contributed by atoms with Crippen LogP contribution in [-0.4, -0.2) is 205 Å². The Kier molecular flexibility index (Phi) is 21.8. The predicted octanol–water partition coefficient (Wildman–Crippen LogP) is 7.99. The number of likely N-dealkylation sites (tertiary alicyclic amines) is 3. The number of nitrogens with zero attached hydrogens (tertiary/aromatic N) is 8. The SMILES string of the molecule is O=C(CC1CCOCC1)N1CCOC2(CCN(CCc3ccccc3)CC2)C1.O=C(Cc1cccnc1)N1CCOC2(CCN(CCc3ccccc3)CC2)C1.O=C(c1cncs1)N1CCOC2(CCN(CCc3ccccc3)CC2)C1. The summed E-state index contributed by atoms with van der Waals surface area (Å²) in [6, 6.07) is 35.9. The molecule has 2 aromatic heterocycles. The molecular formula is C66H88N8O7S. The molecule has 7 aliphatic rings. The molecule has 0 atom stereocenters. The second-order valence-corrected chi connectivity index (χ2v) is 24.7. The highest BCUT2D eigenvalue weighted by Crippen LogP contribution is 2.34. The largest absolute Gasteiger partial charge is 0.381 e. The third-order valence-electron chi connectivity index (χ3n) is 18.2. The van der Waals surface area contributed by atoms with Crippen LogP contribution in [-0.2, 0) is 54.2 Å². The topological polar surface area (TPSA) is 133 Å². The van der Waals surface area contributed by atoms with E-state index in [4.69, 9.17) is 18.9 Å². The van der Waals surface area contributed by atoms with E-state index in [2.05, 4.69) is 121 Å².